The van der Waals surface area contributed by atoms with E-state index in [0.29, 0.717) is 23.2 Å². The highest BCUT2D eigenvalue weighted by Crippen LogP contribution is 2.66. The normalized spacial score (nSPS) is 56.0. The molecule has 0 aliphatic heterocycles. The first-order valence-corrected chi connectivity index (χ1v) is 9.64. The molecule has 8 atom stereocenters. The van der Waals surface area contributed by atoms with Crippen LogP contribution in [0.2, 0.25) is 0 Å². The Labute approximate surface area is 143 Å². The molecule has 0 amide bonds. The minimum Gasteiger partial charge on any atom is -0.384 e. The molecule has 1 N–H and O–H groups in total. The quantitative estimate of drug-likeness (QED) is 0.544. The maximum atomic E-state index is 12.3. The minimum atomic E-state index is -1.16. The number of hydrogen-bond donors (Lipinski definition) is 1. The van der Waals surface area contributed by atoms with Gasteiger partial charge in [-0.15, -0.1) is 11.6 Å². The van der Waals surface area contributed by atoms with Gasteiger partial charge in [0.1, 0.15) is 11.5 Å². The molecule has 128 valence electrons. The summed E-state index contributed by atoms with van der Waals surface area (Å²) in [6.45, 7) is 4.47. The van der Waals surface area contributed by atoms with Crippen LogP contribution in [0.5, 0.6) is 0 Å². The van der Waals surface area contributed by atoms with Crippen LogP contribution in [0.3, 0.4) is 0 Å². The van der Waals surface area contributed by atoms with Crippen molar-refractivity contribution in [3.05, 3.63) is 0 Å². The van der Waals surface area contributed by atoms with E-state index in [-0.39, 0.29) is 5.92 Å². The Balaban J connectivity index is 1.73. The molecule has 0 heterocycles. The van der Waals surface area contributed by atoms with E-state index >= 15 is 0 Å². The van der Waals surface area contributed by atoms with Crippen molar-refractivity contribution in [3.8, 4) is 0 Å². The van der Waals surface area contributed by atoms with Crippen molar-refractivity contribution in [2.24, 2.45) is 34.5 Å². The topological polar surface area (TPSA) is 54.4 Å². The van der Waals surface area contributed by atoms with Crippen molar-refractivity contribution >= 4 is 23.2 Å². The number of ketones is 2. The largest absolute Gasteiger partial charge is 0.384 e. The SMILES string of the molecule is C[C@@]12CCC[C@H]1[C@@H]1CCC3C(Cl)C(=O)C(=O)C(O)[C@]3(C)[C@H]1CC2. The van der Waals surface area contributed by atoms with Crippen LogP contribution in [0, 0.1) is 34.5 Å². The summed E-state index contributed by atoms with van der Waals surface area (Å²) in [5.41, 5.74) is -0.0750. The van der Waals surface area contributed by atoms with Crippen LogP contribution in [0.1, 0.15) is 58.8 Å². The van der Waals surface area contributed by atoms with Gasteiger partial charge >= 0.3 is 0 Å². The van der Waals surface area contributed by atoms with Crippen molar-refractivity contribution in [1.29, 1.82) is 0 Å². The summed E-state index contributed by atoms with van der Waals surface area (Å²) in [6, 6.07) is 0. The number of carbonyl (C=O) groups is 2. The van der Waals surface area contributed by atoms with E-state index in [2.05, 4.69) is 6.92 Å². The zero-order valence-electron chi connectivity index (χ0n) is 14.1. The van der Waals surface area contributed by atoms with Gasteiger partial charge in [-0.2, -0.15) is 0 Å². The third kappa shape index (κ3) is 1.93. The number of fused-ring (bicyclic) bond motifs is 5. The Hall–Kier alpha value is -0.410. The fourth-order valence-electron chi connectivity index (χ4n) is 7.02. The van der Waals surface area contributed by atoms with Gasteiger partial charge < -0.3 is 5.11 Å². The molecule has 0 spiro atoms. The third-order valence-electron chi connectivity index (χ3n) is 8.31. The molecule has 0 saturated heterocycles. The Kier molecular flexibility index (Phi) is 3.53. The van der Waals surface area contributed by atoms with Crippen LogP contribution < -0.4 is 0 Å². The van der Waals surface area contributed by atoms with Gasteiger partial charge in [0, 0.05) is 5.41 Å². The average Bonchev–Trinajstić information content (AvgIpc) is 2.93. The fraction of sp³-hybridized carbons (Fsp3) is 0.895. The summed E-state index contributed by atoms with van der Waals surface area (Å²) in [5, 5.41) is 9.99. The van der Waals surface area contributed by atoms with Gasteiger partial charge in [0.15, 0.2) is 0 Å². The first kappa shape index (κ1) is 16.1. The van der Waals surface area contributed by atoms with Crippen LogP contribution in [-0.4, -0.2) is 28.2 Å². The molecule has 0 aromatic heterocycles. The highest BCUT2D eigenvalue weighted by Gasteiger charge is 2.64. The molecule has 4 fully saturated rings. The Morgan fingerprint density at radius 3 is 2.43 bits per heavy atom. The maximum Gasteiger partial charge on any atom is 0.228 e. The van der Waals surface area contributed by atoms with E-state index in [4.69, 9.17) is 11.6 Å². The van der Waals surface area contributed by atoms with Crippen LogP contribution in [0.15, 0.2) is 0 Å². The molecule has 4 heteroatoms. The lowest BCUT2D eigenvalue weighted by Gasteiger charge is -2.61. The maximum absolute atomic E-state index is 12.3. The number of alkyl halides is 1. The van der Waals surface area contributed by atoms with Gasteiger partial charge in [0.25, 0.3) is 0 Å². The molecule has 23 heavy (non-hydrogen) atoms. The molecule has 0 bridgehead atoms. The summed E-state index contributed by atoms with van der Waals surface area (Å²) in [6.07, 6.45) is 6.97. The molecule has 0 aromatic rings. The average molecular weight is 339 g/mol. The summed E-state index contributed by atoms with van der Waals surface area (Å²) in [4.78, 5) is 24.4. The molecule has 4 rings (SSSR count). The Morgan fingerprint density at radius 2 is 1.70 bits per heavy atom. The standard InChI is InChI=1S/C19H27ClO3/c1-18-8-3-4-11(18)10-5-6-13-14(20)15(21)16(22)17(23)19(13,2)12(10)7-9-18/h10-14,17,23H,3-9H2,1-2H3/t10-,11-,12-,13?,14?,17?,18-,19+/m0/s1. The summed E-state index contributed by atoms with van der Waals surface area (Å²) < 4.78 is 0. The van der Waals surface area contributed by atoms with Crippen molar-refractivity contribution < 1.29 is 14.7 Å². The molecule has 4 aliphatic carbocycles. The second-order valence-corrected chi connectivity index (χ2v) is 9.51. The van der Waals surface area contributed by atoms with Crippen molar-refractivity contribution in [3.63, 3.8) is 0 Å². The molecule has 4 aliphatic rings. The van der Waals surface area contributed by atoms with Crippen LogP contribution >= 0.6 is 11.6 Å². The van der Waals surface area contributed by atoms with Crippen molar-refractivity contribution in [2.45, 2.75) is 70.3 Å². The highest BCUT2D eigenvalue weighted by molar-refractivity contribution is 6.51. The van der Waals surface area contributed by atoms with Gasteiger partial charge in [-0.05, 0) is 67.6 Å². The second kappa shape index (κ2) is 5.05. The zero-order valence-corrected chi connectivity index (χ0v) is 14.8. The van der Waals surface area contributed by atoms with Crippen LogP contribution in [0.25, 0.3) is 0 Å². The Morgan fingerprint density at radius 1 is 0.957 bits per heavy atom. The minimum absolute atomic E-state index is 0.0589. The number of hydrogen-bond acceptors (Lipinski definition) is 3. The van der Waals surface area contributed by atoms with Crippen LogP contribution in [-0.2, 0) is 9.59 Å². The van der Waals surface area contributed by atoms with E-state index in [1.165, 1.54) is 25.7 Å². The second-order valence-electron chi connectivity index (χ2n) is 9.04. The summed E-state index contributed by atoms with van der Waals surface area (Å²) in [7, 11) is 0. The first-order valence-electron chi connectivity index (χ1n) is 9.21. The van der Waals surface area contributed by atoms with Crippen molar-refractivity contribution in [1.82, 2.24) is 0 Å². The first-order chi connectivity index (χ1) is 10.8. The lowest BCUT2D eigenvalue weighted by Crippen LogP contribution is -2.65. The number of carbonyl (C=O) groups excluding carboxylic acids is 2. The van der Waals surface area contributed by atoms with Gasteiger partial charge in [0.05, 0.1) is 0 Å². The van der Waals surface area contributed by atoms with E-state index < -0.39 is 28.5 Å². The van der Waals surface area contributed by atoms with Gasteiger partial charge in [0.2, 0.25) is 11.6 Å². The lowest BCUT2D eigenvalue weighted by atomic mass is 9.44. The number of aliphatic hydroxyl groups excluding tert-OH is 1. The molecule has 4 saturated carbocycles. The van der Waals surface area contributed by atoms with Gasteiger partial charge in [-0.1, -0.05) is 20.3 Å². The van der Waals surface area contributed by atoms with E-state index in [1.54, 1.807) is 0 Å². The highest BCUT2D eigenvalue weighted by atomic mass is 35.5. The lowest BCUT2D eigenvalue weighted by molar-refractivity contribution is -0.176. The van der Waals surface area contributed by atoms with Gasteiger partial charge in [-0.3, -0.25) is 9.59 Å². The predicted molar refractivity (Wildman–Crippen MR) is 88.2 cm³/mol. The predicted octanol–water partition coefficient (Wildman–Crippen LogP) is 3.36. The summed E-state index contributed by atoms with van der Waals surface area (Å²) in [5.74, 6) is 0.345. The molecular weight excluding hydrogens is 312 g/mol. The zero-order chi connectivity index (χ0) is 16.6. The van der Waals surface area contributed by atoms with E-state index in [0.717, 1.165) is 19.3 Å². The fourth-order valence-corrected chi connectivity index (χ4v) is 7.52. The number of aliphatic hydroxyl groups is 1. The molecule has 3 unspecified atom stereocenters. The molecule has 3 nitrogen and oxygen atoms in total. The molecule has 0 radical (unpaired) electrons. The number of Topliss-reactive ketones (excluding diaryl/α,β-unsaturated/α-hetero) is 2. The van der Waals surface area contributed by atoms with Crippen LogP contribution in [0.4, 0.5) is 0 Å². The van der Waals surface area contributed by atoms with E-state index in [9.17, 15) is 14.7 Å². The third-order valence-corrected chi connectivity index (χ3v) is 8.81. The smallest absolute Gasteiger partial charge is 0.228 e. The number of rotatable bonds is 0. The molecular formula is C19H27ClO3. The Bertz CT molecular complexity index is 561. The number of halogens is 1. The van der Waals surface area contributed by atoms with Crippen molar-refractivity contribution in [2.75, 3.05) is 0 Å². The van der Waals surface area contributed by atoms with E-state index in [1.807, 2.05) is 6.92 Å². The van der Waals surface area contributed by atoms with Gasteiger partial charge in [-0.25, -0.2) is 0 Å². The monoisotopic (exact) mass is 338 g/mol. The molecule has 0 aromatic carbocycles. The summed E-state index contributed by atoms with van der Waals surface area (Å²) >= 11 is 6.38.